The summed E-state index contributed by atoms with van der Waals surface area (Å²) in [6, 6.07) is 5.84. The largest absolute Gasteiger partial charge is 0.493 e. The van der Waals surface area contributed by atoms with Crippen LogP contribution in [0.3, 0.4) is 0 Å². The van der Waals surface area contributed by atoms with E-state index < -0.39 is 0 Å². The van der Waals surface area contributed by atoms with Crippen LogP contribution in [0.1, 0.15) is 12.0 Å². The van der Waals surface area contributed by atoms with E-state index in [2.05, 4.69) is 15.9 Å². The van der Waals surface area contributed by atoms with Crippen LogP contribution in [0.25, 0.3) is 0 Å². The second-order valence-corrected chi connectivity index (χ2v) is 3.64. The van der Waals surface area contributed by atoms with Gasteiger partial charge in [0.05, 0.1) is 6.61 Å². The topological polar surface area (TPSA) is 29.5 Å². The van der Waals surface area contributed by atoms with Gasteiger partial charge in [0, 0.05) is 23.1 Å². The molecule has 0 amide bonds. The zero-order chi connectivity index (χ0) is 9.68. The summed E-state index contributed by atoms with van der Waals surface area (Å²) in [5, 5.41) is 8.58. The zero-order valence-electron chi connectivity index (χ0n) is 7.59. The van der Waals surface area contributed by atoms with Crippen molar-refractivity contribution in [3.05, 3.63) is 28.2 Å². The first-order valence-electron chi connectivity index (χ1n) is 4.24. The lowest BCUT2D eigenvalue weighted by Crippen LogP contribution is -2.00. The maximum absolute atomic E-state index is 8.58. The molecule has 13 heavy (non-hydrogen) atoms. The van der Waals surface area contributed by atoms with Crippen LogP contribution < -0.4 is 4.74 Å². The lowest BCUT2D eigenvalue weighted by atomic mass is 10.2. The average Bonchev–Trinajstić information content (AvgIpc) is 2.13. The van der Waals surface area contributed by atoms with Gasteiger partial charge in [-0.25, -0.2) is 0 Å². The molecule has 0 fully saturated rings. The maximum Gasteiger partial charge on any atom is 0.123 e. The quantitative estimate of drug-likeness (QED) is 0.826. The first kappa shape index (κ1) is 10.5. The molecule has 1 aromatic carbocycles. The van der Waals surface area contributed by atoms with E-state index in [4.69, 9.17) is 9.84 Å². The van der Waals surface area contributed by atoms with Crippen molar-refractivity contribution >= 4 is 15.9 Å². The molecule has 0 aliphatic rings. The Bertz CT molecular complexity index is 274. The minimum atomic E-state index is 0.174. The Labute approximate surface area is 86.7 Å². The summed E-state index contributed by atoms with van der Waals surface area (Å²) < 4.78 is 6.52. The molecule has 1 rings (SSSR count). The van der Waals surface area contributed by atoms with Gasteiger partial charge in [-0.05, 0) is 19.1 Å². The van der Waals surface area contributed by atoms with Crippen LogP contribution >= 0.6 is 15.9 Å². The summed E-state index contributed by atoms with van der Waals surface area (Å²) in [4.78, 5) is 0. The highest BCUT2D eigenvalue weighted by atomic mass is 79.9. The molecule has 2 nitrogen and oxygen atoms in total. The molecule has 0 radical (unpaired) electrons. The van der Waals surface area contributed by atoms with E-state index in [1.807, 2.05) is 25.1 Å². The SMILES string of the molecule is Cc1c(Br)cccc1OCCCO. The molecule has 1 N–H and O–H groups in total. The van der Waals surface area contributed by atoms with Crippen LogP contribution in [-0.2, 0) is 0 Å². The van der Waals surface area contributed by atoms with Gasteiger partial charge in [0.15, 0.2) is 0 Å². The van der Waals surface area contributed by atoms with Gasteiger partial charge in [-0.1, -0.05) is 22.0 Å². The van der Waals surface area contributed by atoms with Crippen LogP contribution in [0.4, 0.5) is 0 Å². The van der Waals surface area contributed by atoms with E-state index in [0.29, 0.717) is 13.0 Å². The number of hydrogen-bond acceptors (Lipinski definition) is 2. The van der Waals surface area contributed by atoms with Crippen molar-refractivity contribution in [2.45, 2.75) is 13.3 Å². The molecule has 0 aromatic heterocycles. The summed E-state index contributed by atoms with van der Waals surface area (Å²) in [5.41, 5.74) is 1.10. The highest BCUT2D eigenvalue weighted by Crippen LogP contribution is 2.25. The van der Waals surface area contributed by atoms with Crippen LogP contribution in [0.5, 0.6) is 5.75 Å². The van der Waals surface area contributed by atoms with E-state index in [-0.39, 0.29) is 6.61 Å². The molecule has 0 bridgehead atoms. The second kappa shape index (κ2) is 5.25. The molecule has 3 heteroatoms. The highest BCUT2D eigenvalue weighted by Gasteiger charge is 2.01. The molecular formula is C10H13BrO2. The minimum absolute atomic E-state index is 0.174. The molecule has 1 aromatic rings. The van der Waals surface area contributed by atoms with E-state index in [9.17, 15) is 0 Å². The van der Waals surface area contributed by atoms with Crippen LogP contribution in [0.2, 0.25) is 0 Å². The number of ether oxygens (including phenoxy) is 1. The smallest absolute Gasteiger partial charge is 0.123 e. The van der Waals surface area contributed by atoms with E-state index in [0.717, 1.165) is 15.8 Å². The summed E-state index contributed by atoms with van der Waals surface area (Å²) in [6.07, 6.45) is 0.673. The Kier molecular flexibility index (Phi) is 4.25. The third-order valence-corrected chi connectivity index (χ3v) is 2.64. The Morgan fingerprint density at radius 1 is 1.46 bits per heavy atom. The molecule has 0 spiro atoms. The number of aliphatic hydroxyl groups is 1. The molecular weight excluding hydrogens is 232 g/mol. The van der Waals surface area contributed by atoms with Gasteiger partial charge in [0.25, 0.3) is 0 Å². The first-order chi connectivity index (χ1) is 6.25. The fourth-order valence-electron chi connectivity index (χ4n) is 0.991. The zero-order valence-corrected chi connectivity index (χ0v) is 9.17. The molecule has 0 saturated heterocycles. The van der Waals surface area contributed by atoms with Gasteiger partial charge in [0.2, 0.25) is 0 Å². The molecule has 0 aliphatic heterocycles. The monoisotopic (exact) mass is 244 g/mol. The van der Waals surface area contributed by atoms with Crippen molar-refractivity contribution in [1.29, 1.82) is 0 Å². The predicted octanol–water partition coefficient (Wildman–Crippen LogP) is 2.52. The number of rotatable bonds is 4. The minimum Gasteiger partial charge on any atom is -0.493 e. The fraction of sp³-hybridized carbons (Fsp3) is 0.400. The molecule has 0 saturated carbocycles. The van der Waals surface area contributed by atoms with Crippen molar-refractivity contribution in [3.63, 3.8) is 0 Å². The third-order valence-electron chi connectivity index (χ3n) is 1.78. The summed E-state index contributed by atoms with van der Waals surface area (Å²) in [6.45, 7) is 2.74. The van der Waals surface area contributed by atoms with Crippen LogP contribution in [0, 0.1) is 6.92 Å². The number of halogens is 1. The maximum atomic E-state index is 8.58. The van der Waals surface area contributed by atoms with Gasteiger partial charge < -0.3 is 9.84 Å². The van der Waals surface area contributed by atoms with Gasteiger partial charge in [-0.15, -0.1) is 0 Å². The van der Waals surface area contributed by atoms with Crippen molar-refractivity contribution in [1.82, 2.24) is 0 Å². The van der Waals surface area contributed by atoms with Gasteiger partial charge in [0.1, 0.15) is 5.75 Å². The number of benzene rings is 1. The van der Waals surface area contributed by atoms with Crippen LogP contribution in [0.15, 0.2) is 22.7 Å². The fourth-order valence-corrected chi connectivity index (χ4v) is 1.34. The molecule has 0 unspecified atom stereocenters. The molecule has 72 valence electrons. The summed E-state index contributed by atoms with van der Waals surface area (Å²) >= 11 is 3.43. The Morgan fingerprint density at radius 2 is 2.23 bits per heavy atom. The van der Waals surface area contributed by atoms with Crippen molar-refractivity contribution in [2.75, 3.05) is 13.2 Å². The lowest BCUT2D eigenvalue weighted by Gasteiger charge is -2.08. The van der Waals surface area contributed by atoms with E-state index in [1.54, 1.807) is 0 Å². The number of aliphatic hydroxyl groups excluding tert-OH is 1. The normalized spacial score (nSPS) is 10.1. The van der Waals surface area contributed by atoms with Gasteiger partial charge in [-0.2, -0.15) is 0 Å². The summed E-state index contributed by atoms with van der Waals surface area (Å²) in [7, 11) is 0. The van der Waals surface area contributed by atoms with Crippen molar-refractivity contribution < 1.29 is 9.84 Å². The number of hydrogen-bond donors (Lipinski definition) is 1. The highest BCUT2D eigenvalue weighted by molar-refractivity contribution is 9.10. The van der Waals surface area contributed by atoms with Gasteiger partial charge >= 0.3 is 0 Å². The lowest BCUT2D eigenvalue weighted by molar-refractivity contribution is 0.233. The molecule has 0 heterocycles. The standard InChI is InChI=1S/C10H13BrO2/c1-8-9(11)4-2-5-10(8)13-7-3-6-12/h2,4-5,12H,3,6-7H2,1H3. The van der Waals surface area contributed by atoms with Crippen LogP contribution in [-0.4, -0.2) is 18.3 Å². The predicted molar refractivity (Wildman–Crippen MR) is 56.1 cm³/mol. The second-order valence-electron chi connectivity index (χ2n) is 2.79. The molecule has 0 atom stereocenters. The van der Waals surface area contributed by atoms with Crippen molar-refractivity contribution in [3.8, 4) is 5.75 Å². The Hall–Kier alpha value is -0.540. The Balaban J connectivity index is 2.61. The van der Waals surface area contributed by atoms with E-state index >= 15 is 0 Å². The Morgan fingerprint density at radius 3 is 2.92 bits per heavy atom. The third kappa shape index (κ3) is 3.01. The average molecular weight is 245 g/mol. The van der Waals surface area contributed by atoms with E-state index in [1.165, 1.54) is 0 Å². The molecule has 0 aliphatic carbocycles. The van der Waals surface area contributed by atoms with Gasteiger partial charge in [-0.3, -0.25) is 0 Å². The summed E-state index contributed by atoms with van der Waals surface area (Å²) in [5.74, 6) is 0.878. The first-order valence-corrected chi connectivity index (χ1v) is 5.04. The van der Waals surface area contributed by atoms with Crippen molar-refractivity contribution in [2.24, 2.45) is 0 Å².